The smallest absolute Gasteiger partial charge is 0.249 e. The molecule has 1 atom stereocenters. The first kappa shape index (κ1) is 18.0. The average Bonchev–Trinajstić information content (AvgIpc) is 2.47. The minimum atomic E-state index is -1.76. The first-order chi connectivity index (χ1) is 10.6. The third-order valence-electron chi connectivity index (χ3n) is 5.59. The van der Waals surface area contributed by atoms with Gasteiger partial charge in [-0.25, -0.2) is 0 Å². The van der Waals surface area contributed by atoms with E-state index in [-0.39, 0.29) is 16.2 Å². The zero-order valence-electron chi connectivity index (χ0n) is 15.4. The Morgan fingerprint density at radius 3 is 2.57 bits per heavy atom. The van der Waals surface area contributed by atoms with E-state index in [4.69, 9.17) is 4.43 Å². The first-order valence-corrected chi connectivity index (χ1v) is 11.4. The highest BCUT2D eigenvalue weighted by molar-refractivity contribution is 6.74. The molecule has 2 nitrogen and oxygen atoms in total. The molecule has 0 heterocycles. The van der Waals surface area contributed by atoms with Crippen molar-refractivity contribution in [3.05, 3.63) is 47.7 Å². The number of aryl methyl sites for hydroxylation is 1. The Bertz CT molecular complexity index is 610. The fourth-order valence-electron chi connectivity index (χ4n) is 2.71. The minimum Gasteiger partial charge on any atom is -0.549 e. The van der Waals surface area contributed by atoms with Gasteiger partial charge < -0.3 is 4.43 Å². The van der Waals surface area contributed by atoms with Gasteiger partial charge in [-0.15, -0.1) is 0 Å². The fourth-order valence-corrected chi connectivity index (χ4v) is 3.50. The third-order valence-corrected chi connectivity index (χ3v) is 9.93. The van der Waals surface area contributed by atoms with Crippen molar-refractivity contribution in [2.75, 3.05) is 0 Å². The fraction of sp³-hybridized carbons (Fsp3) is 0.550. The molecule has 1 aliphatic carbocycles. The van der Waals surface area contributed by atoms with Crippen LogP contribution in [0.4, 0.5) is 0 Å². The summed E-state index contributed by atoms with van der Waals surface area (Å²) < 4.78 is 6.08. The van der Waals surface area contributed by atoms with E-state index < -0.39 is 8.32 Å². The molecule has 0 unspecified atom stereocenters. The van der Waals surface area contributed by atoms with Crippen LogP contribution in [0, 0.1) is 5.41 Å². The standard InChI is InChI=1S/C20H30O2Si/c1-19(2,3)23(5,6)22-15-9-13-20(4)14-12-16-10-7-8-11-17(16)18(20)21/h7-11,15H,12-14H2,1-6H3/b15-9+/t20-/m0/s1. The number of rotatable bonds is 4. The summed E-state index contributed by atoms with van der Waals surface area (Å²) in [4.78, 5) is 12.8. The SMILES string of the molecule is CC(C)(C)[Si](C)(C)O/C=C/C[C@@]1(C)CCc2ccccc2C1=O. The van der Waals surface area contributed by atoms with Gasteiger partial charge in [0.1, 0.15) is 0 Å². The molecular weight excluding hydrogens is 300 g/mol. The second-order valence-corrected chi connectivity index (χ2v) is 13.3. The van der Waals surface area contributed by atoms with Gasteiger partial charge in [0.15, 0.2) is 5.78 Å². The van der Waals surface area contributed by atoms with Gasteiger partial charge in [0.05, 0.1) is 6.26 Å². The summed E-state index contributed by atoms with van der Waals surface area (Å²) in [6.07, 6.45) is 6.53. The molecule has 0 aliphatic heterocycles. The van der Waals surface area contributed by atoms with Crippen LogP contribution in [0.5, 0.6) is 0 Å². The van der Waals surface area contributed by atoms with E-state index in [0.717, 1.165) is 24.8 Å². The maximum absolute atomic E-state index is 12.8. The predicted molar refractivity (Wildman–Crippen MR) is 99.2 cm³/mol. The number of ketones is 1. The van der Waals surface area contributed by atoms with Crippen LogP contribution < -0.4 is 0 Å². The van der Waals surface area contributed by atoms with Crippen molar-refractivity contribution in [1.82, 2.24) is 0 Å². The van der Waals surface area contributed by atoms with Gasteiger partial charge in [-0.05, 0) is 43.0 Å². The molecule has 126 valence electrons. The second kappa shape index (κ2) is 6.27. The Balaban J connectivity index is 2.04. The van der Waals surface area contributed by atoms with Crippen LogP contribution in [-0.2, 0) is 10.8 Å². The molecule has 2 rings (SSSR count). The summed E-state index contributed by atoms with van der Waals surface area (Å²) in [5, 5.41) is 0.195. The van der Waals surface area contributed by atoms with Crippen LogP contribution in [0.15, 0.2) is 36.6 Å². The lowest BCUT2D eigenvalue weighted by Gasteiger charge is -2.35. The largest absolute Gasteiger partial charge is 0.549 e. The van der Waals surface area contributed by atoms with Crippen LogP contribution in [0.1, 0.15) is 56.5 Å². The number of Topliss-reactive ketones (excluding diaryl/α,β-unsaturated/α-hetero) is 1. The summed E-state index contributed by atoms with van der Waals surface area (Å²) in [5.41, 5.74) is 1.79. The molecule has 0 amide bonds. The molecule has 0 aromatic heterocycles. The zero-order valence-corrected chi connectivity index (χ0v) is 16.4. The summed E-state index contributed by atoms with van der Waals surface area (Å²) in [6, 6.07) is 8.01. The number of carbonyl (C=O) groups is 1. The van der Waals surface area contributed by atoms with Gasteiger partial charge in [0, 0.05) is 11.0 Å². The van der Waals surface area contributed by atoms with E-state index in [1.54, 1.807) is 0 Å². The Morgan fingerprint density at radius 2 is 1.91 bits per heavy atom. The number of carbonyl (C=O) groups excluding carboxylic acids is 1. The van der Waals surface area contributed by atoms with Crippen molar-refractivity contribution in [1.29, 1.82) is 0 Å². The third kappa shape index (κ3) is 3.77. The molecule has 0 N–H and O–H groups in total. The lowest BCUT2D eigenvalue weighted by atomic mass is 9.70. The summed E-state index contributed by atoms with van der Waals surface area (Å²) in [7, 11) is -1.76. The molecule has 1 aliphatic rings. The Labute approximate surface area is 142 Å². The van der Waals surface area contributed by atoms with E-state index in [1.165, 1.54) is 5.56 Å². The first-order valence-electron chi connectivity index (χ1n) is 8.52. The monoisotopic (exact) mass is 330 g/mol. The second-order valence-electron chi connectivity index (χ2n) is 8.50. The van der Waals surface area contributed by atoms with Crippen LogP contribution in [0.2, 0.25) is 18.1 Å². The highest BCUT2D eigenvalue weighted by atomic mass is 28.4. The highest BCUT2D eigenvalue weighted by Crippen LogP contribution is 2.39. The van der Waals surface area contributed by atoms with Crippen LogP contribution >= 0.6 is 0 Å². The van der Waals surface area contributed by atoms with Gasteiger partial charge in [0.25, 0.3) is 0 Å². The lowest BCUT2D eigenvalue weighted by molar-refractivity contribution is 0.0788. The van der Waals surface area contributed by atoms with E-state index in [0.29, 0.717) is 0 Å². The van der Waals surface area contributed by atoms with Gasteiger partial charge in [-0.2, -0.15) is 0 Å². The van der Waals surface area contributed by atoms with Crippen LogP contribution in [0.25, 0.3) is 0 Å². The van der Waals surface area contributed by atoms with Crippen molar-refractivity contribution < 1.29 is 9.22 Å². The number of fused-ring (bicyclic) bond motifs is 1. The van der Waals surface area contributed by atoms with Gasteiger partial charge in [-0.1, -0.05) is 58.0 Å². The molecule has 3 heteroatoms. The number of hydrogen-bond acceptors (Lipinski definition) is 2. The topological polar surface area (TPSA) is 26.3 Å². The van der Waals surface area contributed by atoms with E-state index in [2.05, 4.69) is 46.9 Å². The van der Waals surface area contributed by atoms with Gasteiger partial charge in [0.2, 0.25) is 8.32 Å². The maximum Gasteiger partial charge on any atom is 0.249 e. The molecule has 23 heavy (non-hydrogen) atoms. The molecular formula is C20H30O2Si. The molecule has 1 aromatic carbocycles. The molecule has 0 fully saturated rings. The molecule has 0 saturated carbocycles. The van der Waals surface area contributed by atoms with Crippen molar-refractivity contribution in [3.63, 3.8) is 0 Å². The molecule has 0 spiro atoms. The molecule has 0 saturated heterocycles. The van der Waals surface area contributed by atoms with Crippen molar-refractivity contribution in [2.45, 2.75) is 65.1 Å². The van der Waals surface area contributed by atoms with Crippen molar-refractivity contribution in [3.8, 4) is 0 Å². The van der Waals surface area contributed by atoms with Gasteiger partial charge in [-0.3, -0.25) is 4.79 Å². The molecule has 0 radical (unpaired) electrons. The van der Waals surface area contributed by atoms with E-state index in [9.17, 15) is 4.79 Å². The maximum atomic E-state index is 12.8. The molecule has 1 aromatic rings. The van der Waals surface area contributed by atoms with Gasteiger partial charge >= 0.3 is 0 Å². The average molecular weight is 331 g/mol. The van der Waals surface area contributed by atoms with E-state index >= 15 is 0 Å². The van der Waals surface area contributed by atoms with Crippen LogP contribution in [0.3, 0.4) is 0 Å². The summed E-state index contributed by atoms with van der Waals surface area (Å²) in [5.74, 6) is 0.274. The highest BCUT2D eigenvalue weighted by Gasteiger charge is 2.39. The Hall–Kier alpha value is -1.35. The number of allylic oxidation sites excluding steroid dienone is 1. The Kier molecular flexibility index (Phi) is 4.91. The lowest BCUT2D eigenvalue weighted by Crippen LogP contribution is -2.39. The zero-order chi connectivity index (χ0) is 17.3. The number of benzene rings is 1. The quantitative estimate of drug-likeness (QED) is 0.519. The predicted octanol–water partition coefficient (Wildman–Crippen LogP) is 5.75. The van der Waals surface area contributed by atoms with E-state index in [1.807, 2.05) is 30.5 Å². The Morgan fingerprint density at radius 1 is 1.26 bits per heavy atom. The molecule has 0 bridgehead atoms. The summed E-state index contributed by atoms with van der Waals surface area (Å²) >= 11 is 0. The minimum absolute atomic E-state index is 0.195. The summed E-state index contributed by atoms with van der Waals surface area (Å²) in [6.45, 7) is 13.3. The normalized spacial score (nSPS) is 22.3. The number of hydrogen-bond donors (Lipinski definition) is 0. The van der Waals surface area contributed by atoms with Crippen molar-refractivity contribution >= 4 is 14.1 Å². The van der Waals surface area contributed by atoms with Crippen LogP contribution in [-0.4, -0.2) is 14.1 Å². The van der Waals surface area contributed by atoms with Crippen molar-refractivity contribution in [2.24, 2.45) is 5.41 Å².